The molecule has 2 aliphatic carbocycles. The molecule has 0 atom stereocenters. The van der Waals surface area contributed by atoms with E-state index in [0.717, 1.165) is 44.9 Å². The van der Waals surface area contributed by atoms with Gasteiger partial charge in [0.1, 0.15) is 0 Å². The van der Waals surface area contributed by atoms with Gasteiger partial charge in [-0.2, -0.15) is 0 Å². The van der Waals surface area contributed by atoms with Gasteiger partial charge in [-0.15, -0.1) is 0 Å². The number of likely N-dealkylation sites (N-methyl/N-ethyl adjacent to an activating group) is 1. The molecule has 2 saturated carbocycles. The Balaban J connectivity index is 1.49. The van der Waals surface area contributed by atoms with Crippen LogP contribution in [0.4, 0.5) is 0 Å². The van der Waals surface area contributed by atoms with Gasteiger partial charge in [0.25, 0.3) is 5.91 Å². The maximum atomic E-state index is 12.9. The van der Waals surface area contributed by atoms with Crippen molar-refractivity contribution < 1.29 is 4.79 Å². The molecule has 0 aromatic heterocycles. The van der Waals surface area contributed by atoms with Crippen LogP contribution in [-0.2, 0) is 6.42 Å². The molecule has 0 spiro atoms. The molecule has 5 heteroatoms. The lowest BCUT2D eigenvalue weighted by Gasteiger charge is -2.45. The van der Waals surface area contributed by atoms with Gasteiger partial charge in [0.2, 0.25) is 0 Å². The van der Waals surface area contributed by atoms with Gasteiger partial charge >= 0.3 is 0 Å². The fraction of sp³-hybridized carbons (Fsp3) is 0.708. The second-order valence-electron chi connectivity index (χ2n) is 9.51. The summed E-state index contributed by atoms with van der Waals surface area (Å²) in [5.74, 6) is 0.871. The predicted octanol–water partition coefficient (Wildman–Crippen LogP) is 4.51. The van der Waals surface area contributed by atoms with E-state index in [0.29, 0.717) is 16.0 Å². The van der Waals surface area contributed by atoms with Crippen LogP contribution < -0.4 is 10.6 Å². The smallest absolute Gasteiger partial charge is 0.252 e. The van der Waals surface area contributed by atoms with Crippen molar-refractivity contribution in [3.8, 4) is 0 Å². The second kappa shape index (κ2) is 10.8. The van der Waals surface area contributed by atoms with E-state index in [1.807, 2.05) is 18.2 Å². The number of carbonyl (C=O) groups excluding carboxylic acids is 1. The minimum absolute atomic E-state index is 0.0111. The quantitative estimate of drug-likeness (QED) is 0.548. The first-order chi connectivity index (χ1) is 14.0. The maximum absolute atomic E-state index is 12.9. The number of hydrogen-bond donors (Lipinski definition) is 2. The molecule has 29 heavy (non-hydrogen) atoms. The van der Waals surface area contributed by atoms with Crippen LogP contribution in [0.2, 0.25) is 5.02 Å². The third kappa shape index (κ3) is 6.70. The molecule has 3 rings (SSSR count). The summed E-state index contributed by atoms with van der Waals surface area (Å²) in [5.41, 5.74) is 2.14. The fourth-order valence-corrected chi connectivity index (χ4v) is 5.38. The predicted molar refractivity (Wildman–Crippen MR) is 122 cm³/mol. The van der Waals surface area contributed by atoms with Crippen molar-refractivity contribution in [2.24, 2.45) is 11.3 Å². The van der Waals surface area contributed by atoms with Crippen molar-refractivity contribution in [2.45, 2.75) is 57.8 Å². The maximum Gasteiger partial charge on any atom is 0.252 e. The molecule has 0 radical (unpaired) electrons. The fourth-order valence-electron chi connectivity index (χ4n) is 5.18. The molecule has 1 amide bonds. The topological polar surface area (TPSA) is 44.4 Å². The molecule has 4 nitrogen and oxygen atoms in total. The average Bonchev–Trinajstić information content (AvgIpc) is 2.70. The number of halogens is 1. The van der Waals surface area contributed by atoms with E-state index in [1.54, 1.807) is 0 Å². The summed E-state index contributed by atoms with van der Waals surface area (Å²) >= 11 is 6.37. The van der Waals surface area contributed by atoms with Crippen molar-refractivity contribution in [1.29, 1.82) is 0 Å². The Bertz CT molecular complexity index is 666. The van der Waals surface area contributed by atoms with Crippen LogP contribution in [0.3, 0.4) is 0 Å². The SMILES string of the molecule is CN(C)CCNCCCc1ccc(Cl)c(C(=O)NCC23CCCC(CCC2)C3)c1. The molecular formula is C24H38ClN3O. The molecule has 1 aromatic rings. The van der Waals surface area contributed by atoms with E-state index in [9.17, 15) is 4.79 Å². The van der Waals surface area contributed by atoms with Crippen molar-refractivity contribution in [2.75, 3.05) is 40.3 Å². The number of nitrogens with one attached hydrogen (secondary N) is 2. The molecule has 0 heterocycles. The molecule has 2 bridgehead atoms. The van der Waals surface area contributed by atoms with Gasteiger partial charge in [-0.1, -0.05) is 43.4 Å². The largest absolute Gasteiger partial charge is 0.351 e. The lowest BCUT2D eigenvalue weighted by molar-refractivity contribution is 0.0682. The highest BCUT2D eigenvalue weighted by molar-refractivity contribution is 6.33. The first kappa shape index (κ1) is 22.6. The summed E-state index contributed by atoms with van der Waals surface area (Å²) in [7, 11) is 4.17. The van der Waals surface area contributed by atoms with Crippen molar-refractivity contribution in [1.82, 2.24) is 15.5 Å². The van der Waals surface area contributed by atoms with Gasteiger partial charge in [-0.3, -0.25) is 4.79 Å². The van der Waals surface area contributed by atoms with E-state index in [4.69, 9.17) is 11.6 Å². The highest BCUT2D eigenvalue weighted by atomic mass is 35.5. The average molecular weight is 420 g/mol. The Morgan fingerprint density at radius 3 is 2.69 bits per heavy atom. The number of amides is 1. The lowest BCUT2D eigenvalue weighted by Crippen LogP contribution is -2.43. The Morgan fingerprint density at radius 1 is 1.21 bits per heavy atom. The van der Waals surface area contributed by atoms with E-state index in [1.165, 1.54) is 50.5 Å². The van der Waals surface area contributed by atoms with Gasteiger partial charge in [0, 0.05) is 19.6 Å². The number of hydrogen-bond acceptors (Lipinski definition) is 3. The first-order valence-corrected chi connectivity index (χ1v) is 11.8. The zero-order valence-corrected chi connectivity index (χ0v) is 19.0. The van der Waals surface area contributed by atoms with Crippen molar-refractivity contribution in [3.05, 3.63) is 34.3 Å². The van der Waals surface area contributed by atoms with Crippen LogP contribution in [0, 0.1) is 11.3 Å². The minimum atomic E-state index is -0.0111. The zero-order valence-electron chi connectivity index (χ0n) is 18.2. The highest BCUT2D eigenvalue weighted by Gasteiger charge is 2.39. The molecule has 2 N–H and O–H groups in total. The standard InChI is InChI=1S/C24H38ClN3O/c1-28(2)15-14-26-13-5-8-19-9-10-22(25)21(16-19)23(29)27-18-24-11-3-6-20(17-24)7-4-12-24/h9-10,16,20,26H,3-8,11-15,17-18H2,1-2H3,(H,27,29). The van der Waals surface area contributed by atoms with Gasteiger partial charge < -0.3 is 15.5 Å². The summed E-state index contributed by atoms with van der Waals surface area (Å²) in [6, 6.07) is 5.91. The van der Waals surface area contributed by atoms with Crippen LogP contribution in [-0.4, -0.2) is 51.1 Å². The Hall–Kier alpha value is -1.10. The van der Waals surface area contributed by atoms with E-state index in [-0.39, 0.29) is 5.91 Å². The van der Waals surface area contributed by atoms with E-state index >= 15 is 0 Å². The number of carbonyl (C=O) groups is 1. The van der Waals surface area contributed by atoms with Crippen molar-refractivity contribution >= 4 is 17.5 Å². The summed E-state index contributed by atoms with van der Waals surface area (Å²) < 4.78 is 0. The first-order valence-electron chi connectivity index (χ1n) is 11.4. The number of rotatable bonds is 10. The van der Waals surface area contributed by atoms with Crippen LogP contribution in [0.25, 0.3) is 0 Å². The number of benzene rings is 1. The molecule has 2 fully saturated rings. The molecule has 2 aliphatic rings. The van der Waals surface area contributed by atoms with Gasteiger partial charge in [-0.05, 0) is 81.8 Å². The van der Waals surface area contributed by atoms with Crippen LogP contribution in [0.15, 0.2) is 18.2 Å². The van der Waals surface area contributed by atoms with E-state index < -0.39 is 0 Å². The molecule has 0 saturated heterocycles. The monoisotopic (exact) mass is 419 g/mol. The van der Waals surface area contributed by atoms with Gasteiger partial charge in [0.05, 0.1) is 10.6 Å². The number of fused-ring (bicyclic) bond motifs is 2. The van der Waals surface area contributed by atoms with Crippen LogP contribution >= 0.6 is 11.6 Å². The van der Waals surface area contributed by atoms with Gasteiger partial charge in [0.15, 0.2) is 0 Å². The van der Waals surface area contributed by atoms with E-state index in [2.05, 4.69) is 29.6 Å². The van der Waals surface area contributed by atoms with Crippen LogP contribution in [0.1, 0.15) is 67.3 Å². The molecule has 162 valence electrons. The Morgan fingerprint density at radius 2 is 1.97 bits per heavy atom. The Kier molecular flexibility index (Phi) is 8.40. The van der Waals surface area contributed by atoms with Gasteiger partial charge in [-0.25, -0.2) is 0 Å². The third-order valence-corrected chi connectivity index (χ3v) is 7.14. The second-order valence-corrected chi connectivity index (χ2v) is 9.92. The molecule has 1 aromatic carbocycles. The summed E-state index contributed by atoms with van der Waals surface area (Å²) in [5, 5.41) is 7.26. The normalized spacial score (nSPS) is 23.9. The Labute approximate surface area is 181 Å². The zero-order chi connectivity index (χ0) is 20.7. The molecular weight excluding hydrogens is 382 g/mol. The molecule has 0 aliphatic heterocycles. The lowest BCUT2D eigenvalue weighted by atomic mass is 9.62. The summed E-state index contributed by atoms with van der Waals surface area (Å²) in [4.78, 5) is 15.1. The highest BCUT2D eigenvalue weighted by Crippen LogP contribution is 2.48. The van der Waals surface area contributed by atoms with Crippen molar-refractivity contribution in [3.63, 3.8) is 0 Å². The molecule has 0 unspecified atom stereocenters. The summed E-state index contributed by atoms with van der Waals surface area (Å²) in [6.45, 7) is 3.84. The number of aryl methyl sites for hydroxylation is 1. The minimum Gasteiger partial charge on any atom is -0.351 e. The van der Waals surface area contributed by atoms with Crippen LogP contribution in [0.5, 0.6) is 0 Å². The number of nitrogens with zero attached hydrogens (tertiary/aromatic N) is 1. The summed E-state index contributed by atoms with van der Waals surface area (Å²) in [6.07, 6.45) is 11.2. The third-order valence-electron chi connectivity index (χ3n) is 6.81.